The van der Waals surface area contributed by atoms with Crippen LogP contribution in [0.3, 0.4) is 0 Å². The first kappa shape index (κ1) is 12.8. The highest BCUT2D eigenvalue weighted by Gasteiger charge is 2.14. The summed E-state index contributed by atoms with van der Waals surface area (Å²) in [6, 6.07) is 0. The minimum atomic E-state index is -0.208. The predicted octanol–water partition coefficient (Wildman–Crippen LogP) is 2.11. The third-order valence-corrected chi connectivity index (χ3v) is 3.61. The van der Waals surface area contributed by atoms with Gasteiger partial charge >= 0.3 is 0 Å². The number of carbonyl (C=O) groups is 1. The van der Waals surface area contributed by atoms with Crippen LogP contribution in [0.4, 0.5) is 5.69 Å². The maximum absolute atomic E-state index is 12.3. The highest BCUT2D eigenvalue weighted by Crippen LogP contribution is 2.15. The third kappa shape index (κ3) is 2.15. The normalized spacial score (nSPS) is 10.8. The number of hydrogen-bond acceptors (Lipinski definition) is 4. The number of fused-ring (bicyclic) bond motifs is 1. The Labute approximate surface area is 108 Å². The summed E-state index contributed by atoms with van der Waals surface area (Å²) in [6.45, 7) is 5.50. The molecule has 0 fully saturated rings. The van der Waals surface area contributed by atoms with Gasteiger partial charge in [0.2, 0.25) is 5.91 Å². The van der Waals surface area contributed by atoms with Crippen LogP contribution in [0.15, 0.2) is 10.2 Å². The van der Waals surface area contributed by atoms with E-state index in [1.807, 2.05) is 19.2 Å². The van der Waals surface area contributed by atoms with E-state index in [1.54, 1.807) is 6.92 Å². The fourth-order valence-electron chi connectivity index (χ4n) is 1.76. The number of aromatic nitrogens is 2. The van der Waals surface area contributed by atoms with Crippen molar-refractivity contribution >= 4 is 27.9 Å². The third-order valence-electron chi connectivity index (χ3n) is 2.66. The van der Waals surface area contributed by atoms with Gasteiger partial charge in [0.05, 0.1) is 5.69 Å². The fourth-order valence-corrected chi connectivity index (χ4v) is 2.66. The largest absolute Gasteiger partial charge is 0.320 e. The molecule has 5 nitrogen and oxygen atoms in total. The smallest absolute Gasteiger partial charge is 0.282 e. The van der Waals surface area contributed by atoms with Gasteiger partial charge in [0.25, 0.3) is 5.56 Å². The topological polar surface area (TPSA) is 63.5 Å². The summed E-state index contributed by atoms with van der Waals surface area (Å²) in [7, 11) is 0. The Balaban J connectivity index is 2.53. The molecule has 96 valence electrons. The standard InChI is InChI=1S/C12H15N3O2S/c1-4-5-9(16)14-10-8(3)13-12-15(11(10)17)7(2)6-18-12/h6H,4-5H2,1-3H3,(H,14,16). The highest BCUT2D eigenvalue weighted by molar-refractivity contribution is 7.15. The molecule has 0 radical (unpaired) electrons. The Morgan fingerprint density at radius 1 is 1.50 bits per heavy atom. The van der Waals surface area contributed by atoms with Crippen LogP contribution in [-0.4, -0.2) is 15.3 Å². The summed E-state index contributed by atoms with van der Waals surface area (Å²) >= 11 is 1.42. The van der Waals surface area contributed by atoms with Crippen molar-refractivity contribution in [3.8, 4) is 0 Å². The first-order valence-corrected chi connectivity index (χ1v) is 6.70. The van der Waals surface area contributed by atoms with Gasteiger partial charge < -0.3 is 5.32 Å². The van der Waals surface area contributed by atoms with Crippen molar-refractivity contribution in [1.29, 1.82) is 0 Å². The molecule has 0 aliphatic heterocycles. The molecule has 0 unspecified atom stereocenters. The summed E-state index contributed by atoms with van der Waals surface area (Å²) in [5, 5.41) is 4.53. The van der Waals surface area contributed by atoms with E-state index in [9.17, 15) is 9.59 Å². The molecule has 0 saturated carbocycles. The summed E-state index contributed by atoms with van der Waals surface area (Å²) in [5.41, 5.74) is 1.47. The Hall–Kier alpha value is -1.69. The molecule has 1 N–H and O–H groups in total. The van der Waals surface area contributed by atoms with Crippen molar-refractivity contribution in [3.63, 3.8) is 0 Å². The van der Waals surface area contributed by atoms with Gasteiger partial charge in [-0.05, 0) is 20.3 Å². The highest BCUT2D eigenvalue weighted by atomic mass is 32.1. The number of amides is 1. The van der Waals surface area contributed by atoms with E-state index in [0.717, 1.165) is 12.1 Å². The minimum absolute atomic E-state index is 0.146. The molecule has 0 saturated heterocycles. The molecule has 18 heavy (non-hydrogen) atoms. The number of nitrogens with one attached hydrogen (secondary N) is 1. The SMILES string of the molecule is CCCC(=O)Nc1c(C)nc2scc(C)n2c1=O. The number of thiazole rings is 1. The molecule has 0 aliphatic rings. The van der Waals surface area contributed by atoms with Crippen LogP contribution in [0.5, 0.6) is 0 Å². The Kier molecular flexibility index (Phi) is 3.47. The van der Waals surface area contributed by atoms with E-state index in [0.29, 0.717) is 17.1 Å². The molecule has 6 heteroatoms. The zero-order chi connectivity index (χ0) is 13.3. The molecule has 0 aliphatic carbocycles. The molecule has 2 aromatic rings. The van der Waals surface area contributed by atoms with Crippen LogP contribution >= 0.6 is 11.3 Å². The second-order valence-electron chi connectivity index (χ2n) is 4.17. The quantitative estimate of drug-likeness (QED) is 0.924. The fraction of sp³-hybridized carbons (Fsp3) is 0.417. The second-order valence-corrected chi connectivity index (χ2v) is 5.01. The van der Waals surface area contributed by atoms with E-state index < -0.39 is 0 Å². The summed E-state index contributed by atoms with van der Waals surface area (Å²) in [4.78, 5) is 28.9. The van der Waals surface area contributed by atoms with Crippen LogP contribution in [-0.2, 0) is 4.79 Å². The van der Waals surface area contributed by atoms with Gasteiger partial charge in [-0.1, -0.05) is 6.92 Å². The number of carbonyl (C=O) groups excluding carboxylic acids is 1. The number of hydrogen-bond donors (Lipinski definition) is 1. The lowest BCUT2D eigenvalue weighted by molar-refractivity contribution is -0.116. The summed E-state index contributed by atoms with van der Waals surface area (Å²) < 4.78 is 1.53. The van der Waals surface area contributed by atoms with Gasteiger partial charge in [-0.15, -0.1) is 11.3 Å². The molecule has 2 aromatic heterocycles. The maximum atomic E-state index is 12.3. The first-order chi connectivity index (χ1) is 8.54. The van der Waals surface area contributed by atoms with Crippen molar-refractivity contribution < 1.29 is 4.79 Å². The molecule has 0 aromatic carbocycles. The van der Waals surface area contributed by atoms with Crippen molar-refractivity contribution in [2.75, 3.05) is 5.32 Å². The van der Waals surface area contributed by atoms with E-state index >= 15 is 0 Å². The number of anilines is 1. The molecule has 0 atom stereocenters. The molecule has 1 amide bonds. The Bertz CT molecular complexity index is 657. The van der Waals surface area contributed by atoms with Crippen LogP contribution in [0, 0.1) is 13.8 Å². The monoisotopic (exact) mass is 265 g/mol. The van der Waals surface area contributed by atoms with Crippen LogP contribution in [0.1, 0.15) is 31.2 Å². The lowest BCUT2D eigenvalue weighted by atomic mass is 10.3. The van der Waals surface area contributed by atoms with Crippen molar-refractivity contribution in [2.45, 2.75) is 33.6 Å². The number of nitrogens with zero attached hydrogens (tertiary/aromatic N) is 2. The molecule has 0 spiro atoms. The van der Waals surface area contributed by atoms with Gasteiger partial charge in [-0.2, -0.15) is 0 Å². The molecule has 2 rings (SSSR count). The second kappa shape index (κ2) is 4.89. The van der Waals surface area contributed by atoms with E-state index in [4.69, 9.17) is 0 Å². The number of aryl methyl sites for hydroxylation is 2. The average molecular weight is 265 g/mol. The Morgan fingerprint density at radius 2 is 2.22 bits per heavy atom. The summed E-state index contributed by atoms with van der Waals surface area (Å²) in [6.07, 6.45) is 1.16. The lowest BCUT2D eigenvalue weighted by Gasteiger charge is -2.07. The van der Waals surface area contributed by atoms with Gasteiger partial charge in [0.15, 0.2) is 4.96 Å². The van der Waals surface area contributed by atoms with E-state index in [1.165, 1.54) is 15.7 Å². The van der Waals surface area contributed by atoms with Gasteiger partial charge in [0, 0.05) is 17.5 Å². The van der Waals surface area contributed by atoms with Crippen molar-refractivity contribution in [3.05, 3.63) is 27.1 Å². The van der Waals surface area contributed by atoms with E-state index in [2.05, 4.69) is 10.3 Å². The van der Waals surface area contributed by atoms with Gasteiger partial charge in [0.1, 0.15) is 5.69 Å². The molecule has 0 bridgehead atoms. The van der Waals surface area contributed by atoms with Crippen LogP contribution in [0.25, 0.3) is 4.96 Å². The zero-order valence-electron chi connectivity index (χ0n) is 10.6. The lowest BCUT2D eigenvalue weighted by Crippen LogP contribution is -2.24. The Morgan fingerprint density at radius 3 is 2.89 bits per heavy atom. The van der Waals surface area contributed by atoms with Gasteiger partial charge in [-0.25, -0.2) is 4.98 Å². The molecule has 2 heterocycles. The number of rotatable bonds is 3. The van der Waals surface area contributed by atoms with Crippen molar-refractivity contribution in [1.82, 2.24) is 9.38 Å². The molecular formula is C12H15N3O2S. The zero-order valence-corrected chi connectivity index (χ0v) is 11.4. The predicted molar refractivity (Wildman–Crippen MR) is 72.4 cm³/mol. The van der Waals surface area contributed by atoms with Gasteiger partial charge in [-0.3, -0.25) is 14.0 Å². The minimum Gasteiger partial charge on any atom is -0.320 e. The van der Waals surface area contributed by atoms with Crippen LogP contribution < -0.4 is 10.9 Å². The maximum Gasteiger partial charge on any atom is 0.282 e. The van der Waals surface area contributed by atoms with Crippen LogP contribution in [0.2, 0.25) is 0 Å². The van der Waals surface area contributed by atoms with Crippen molar-refractivity contribution in [2.24, 2.45) is 0 Å². The average Bonchev–Trinajstić information content (AvgIpc) is 2.66. The first-order valence-electron chi connectivity index (χ1n) is 5.82. The van der Waals surface area contributed by atoms with E-state index in [-0.39, 0.29) is 17.2 Å². The summed E-state index contributed by atoms with van der Waals surface area (Å²) in [5.74, 6) is -0.146. The molecular weight excluding hydrogens is 250 g/mol.